The Morgan fingerprint density at radius 2 is 1.79 bits per heavy atom. The van der Waals surface area contributed by atoms with Crippen LogP contribution in [0.2, 0.25) is 0 Å². The first-order valence-corrected chi connectivity index (χ1v) is 4.82. The van der Waals surface area contributed by atoms with E-state index >= 15 is 0 Å². The second kappa shape index (κ2) is 4.79. The van der Waals surface area contributed by atoms with Crippen LogP contribution in [0.25, 0.3) is 0 Å². The number of rotatable bonds is 2. The summed E-state index contributed by atoms with van der Waals surface area (Å²) in [4.78, 5) is 23.7. The zero-order chi connectivity index (χ0) is 10.6. The number of hydrogen-bond donors (Lipinski definition) is 1. The molecule has 0 aromatic carbocycles. The third kappa shape index (κ3) is 2.87. The summed E-state index contributed by atoms with van der Waals surface area (Å²) in [6.45, 7) is 3.05. The van der Waals surface area contributed by atoms with Gasteiger partial charge in [-0.3, -0.25) is 4.79 Å². The van der Waals surface area contributed by atoms with E-state index in [0.717, 1.165) is 38.4 Å². The van der Waals surface area contributed by atoms with E-state index in [2.05, 4.69) is 0 Å². The molecular formula is C10H15NO3. The third-order valence-corrected chi connectivity index (χ3v) is 2.32. The highest BCUT2D eigenvalue weighted by Crippen LogP contribution is 2.11. The molecule has 0 spiro atoms. The van der Waals surface area contributed by atoms with Gasteiger partial charge < -0.3 is 10.0 Å². The summed E-state index contributed by atoms with van der Waals surface area (Å²) in [7, 11) is 0. The standard InChI is InChI=1S/C10H15NO3/c1-8(7-9(12)13)10(14)11-5-3-2-4-6-11/h7H,2-6H2,1H3,(H,12,13)/b8-7-. The van der Waals surface area contributed by atoms with E-state index in [0.29, 0.717) is 5.57 Å². The molecule has 4 nitrogen and oxygen atoms in total. The molecule has 1 rings (SSSR count). The van der Waals surface area contributed by atoms with Crippen LogP contribution in [0, 0.1) is 0 Å². The van der Waals surface area contributed by atoms with Gasteiger partial charge >= 0.3 is 5.97 Å². The molecule has 4 heteroatoms. The van der Waals surface area contributed by atoms with Crippen molar-refractivity contribution in [1.82, 2.24) is 4.90 Å². The highest BCUT2D eigenvalue weighted by Gasteiger charge is 2.17. The van der Waals surface area contributed by atoms with Crippen LogP contribution in [0.5, 0.6) is 0 Å². The lowest BCUT2D eigenvalue weighted by Crippen LogP contribution is -2.36. The largest absolute Gasteiger partial charge is 0.478 e. The van der Waals surface area contributed by atoms with Gasteiger partial charge in [-0.2, -0.15) is 0 Å². The normalized spacial score (nSPS) is 18.1. The van der Waals surface area contributed by atoms with Crippen molar-refractivity contribution in [2.24, 2.45) is 0 Å². The Kier molecular flexibility index (Phi) is 3.68. The molecule has 78 valence electrons. The topological polar surface area (TPSA) is 57.6 Å². The number of nitrogens with zero attached hydrogens (tertiary/aromatic N) is 1. The zero-order valence-electron chi connectivity index (χ0n) is 8.32. The van der Waals surface area contributed by atoms with E-state index in [4.69, 9.17) is 5.11 Å². The summed E-state index contributed by atoms with van der Waals surface area (Å²) in [6, 6.07) is 0. The molecule has 0 unspecified atom stereocenters. The van der Waals surface area contributed by atoms with E-state index < -0.39 is 5.97 Å². The second-order valence-electron chi connectivity index (χ2n) is 3.52. The summed E-state index contributed by atoms with van der Waals surface area (Å²) in [6.07, 6.45) is 4.17. The Morgan fingerprint density at radius 1 is 1.21 bits per heavy atom. The lowest BCUT2D eigenvalue weighted by molar-refractivity contribution is -0.133. The fraction of sp³-hybridized carbons (Fsp3) is 0.600. The van der Waals surface area contributed by atoms with Gasteiger partial charge in [-0.05, 0) is 26.2 Å². The van der Waals surface area contributed by atoms with E-state index in [1.54, 1.807) is 11.8 Å². The third-order valence-electron chi connectivity index (χ3n) is 2.32. The number of carboxylic acid groups (broad SMARTS) is 1. The van der Waals surface area contributed by atoms with E-state index in [1.165, 1.54) is 0 Å². The molecule has 1 N–H and O–H groups in total. The molecule has 0 aromatic rings. The van der Waals surface area contributed by atoms with Gasteiger partial charge in [0.1, 0.15) is 0 Å². The first-order chi connectivity index (χ1) is 6.61. The maximum Gasteiger partial charge on any atom is 0.328 e. The number of likely N-dealkylation sites (tertiary alicyclic amines) is 1. The van der Waals surface area contributed by atoms with Crippen molar-refractivity contribution >= 4 is 11.9 Å². The SMILES string of the molecule is C/C(=C/C(=O)O)C(=O)N1CCCCC1. The predicted molar refractivity (Wildman–Crippen MR) is 51.8 cm³/mol. The van der Waals surface area contributed by atoms with Crippen LogP contribution < -0.4 is 0 Å². The summed E-state index contributed by atoms with van der Waals surface area (Å²) in [5.41, 5.74) is 0.305. The summed E-state index contributed by atoms with van der Waals surface area (Å²) < 4.78 is 0. The Morgan fingerprint density at radius 3 is 2.29 bits per heavy atom. The van der Waals surface area contributed by atoms with Gasteiger partial charge in [-0.25, -0.2) is 4.79 Å². The number of carbonyl (C=O) groups is 2. The van der Waals surface area contributed by atoms with Crippen molar-refractivity contribution in [3.8, 4) is 0 Å². The summed E-state index contributed by atoms with van der Waals surface area (Å²) in [5, 5.41) is 8.48. The number of hydrogen-bond acceptors (Lipinski definition) is 2. The van der Waals surface area contributed by atoms with Crippen LogP contribution in [0.4, 0.5) is 0 Å². The Bertz CT molecular complexity index is 265. The number of aliphatic carboxylic acids is 1. The van der Waals surface area contributed by atoms with Gasteiger partial charge in [0.25, 0.3) is 0 Å². The number of amides is 1. The monoisotopic (exact) mass is 197 g/mol. The highest BCUT2D eigenvalue weighted by atomic mass is 16.4. The lowest BCUT2D eigenvalue weighted by Gasteiger charge is -2.26. The first-order valence-electron chi connectivity index (χ1n) is 4.82. The average Bonchev–Trinajstić information content (AvgIpc) is 2.17. The van der Waals surface area contributed by atoms with Crippen molar-refractivity contribution in [1.29, 1.82) is 0 Å². The molecule has 1 aliphatic rings. The fourth-order valence-corrected chi connectivity index (χ4v) is 1.59. The molecule has 1 fully saturated rings. The molecule has 1 aliphatic heterocycles. The molecule has 0 saturated carbocycles. The maximum atomic E-state index is 11.6. The highest BCUT2D eigenvalue weighted by molar-refractivity contribution is 5.98. The molecular weight excluding hydrogens is 182 g/mol. The van der Waals surface area contributed by atoms with Gasteiger partial charge in [-0.1, -0.05) is 0 Å². The molecule has 0 bridgehead atoms. The van der Waals surface area contributed by atoms with E-state index in [-0.39, 0.29) is 5.91 Å². The zero-order valence-corrected chi connectivity index (χ0v) is 8.32. The van der Waals surface area contributed by atoms with Crippen LogP contribution in [-0.2, 0) is 9.59 Å². The Labute approximate surface area is 83.2 Å². The molecule has 14 heavy (non-hydrogen) atoms. The van der Waals surface area contributed by atoms with Crippen LogP contribution >= 0.6 is 0 Å². The van der Waals surface area contributed by atoms with Gasteiger partial charge in [0.05, 0.1) is 0 Å². The molecule has 0 aliphatic carbocycles. The Balaban J connectivity index is 2.59. The molecule has 0 atom stereocenters. The van der Waals surface area contributed by atoms with Gasteiger partial charge in [0.15, 0.2) is 0 Å². The minimum absolute atomic E-state index is 0.146. The lowest BCUT2D eigenvalue weighted by atomic mass is 10.1. The van der Waals surface area contributed by atoms with Crippen molar-refractivity contribution in [3.05, 3.63) is 11.6 Å². The van der Waals surface area contributed by atoms with Gasteiger partial charge in [0, 0.05) is 24.7 Å². The fourth-order valence-electron chi connectivity index (χ4n) is 1.59. The molecule has 0 radical (unpaired) electrons. The summed E-state index contributed by atoms with van der Waals surface area (Å²) in [5.74, 6) is -1.21. The van der Waals surface area contributed by atoms with Crippen LogP contribution in [-0.4, -0.2) is 35.0 Å². The number of carbonyl (C=O) groups excluding carboxylic acids is 1. The van der Waals surface area contributed by atoms with Crippen molar-refractivity contribution in [3.63, 3.8) is 0 Å². The average molecular weight is 197 g/mol. The molecule has 1 heterocycles. The molecule has 0 aromatic heterocycles. The maximum absolute atomic E-state index is 11.6. The first kappa shape index (κ1) is 10.8. The summed E-state index contributed by atoms with van der Waals surface area (Å²) >= 11 is 0. The molecule has 1 amide bonds. The van der Waals surface area contributed by atoms with Crippen molar-refractivity contribution in [2.45, 2.75) is 26.2 Å². The smallest absolute Gasteiger partial charge is 0.328 e. The Hall–Kier alpha value is -1.32. The number of piperidine rings is 1. The van der Waals surface area contributed by atoms with Gasteiger partial charge in [-0.15, -0.1) is 0 Å². The van der Waals surface area contributed by atoms with Crippen LogP contribution in [0.15, 0.2) is 11.6 Å². The minimum atomic E-state index is -1.06. The second-order valence-corrected chi connectivity index (χ2v) is 3.52. The van der Waals surface area contributed by atoms with Gasteiger partial charge in [0.2, 0.25) is 5.91 Å². The van der Waals surface area contributed by atoms with E-state index in [1.807, 2.05) is 0 Å². The quantitative estimate of drug-likeness (QED) is 0.672. The molecule has 1 saturated heterocycles. The van der Waals surface area contributed by atoms with E-state index in [9.17, 15) is 9.59 Å². The number of carboxylic acids is 1. The van der Waals surface area contributed by atoms with Crippen LogP contribution in [0.1, 0.15) is 26.2 Å². The predicted octanol–water partition coefficient (Wildman–Crippen LogP) is 1.03. The minimum Gasteiger partial charge on any atom is -0.478 e. The van der Waals surface area contributed by atoms with Crippen LogP contribution in [0.3, 0.4) is 0 Å². The van der Waals surface area contributed by atoms with Crippen molar-refractivity contribution in [2.75, 3.05) is 13.1 Å². The van der Waals surface area contributed by atoms with Crippen molar-refractivity contribution < 1.29 is 14.7 Å².